The summed E-state index contributed by atoms with van der Waals surface area (Å²) in [6, 6.07) is 8.08. The number of hydrogen-bond acceptors (Lipinski definition) is 6. The van der Waals surface area contributed by atoms with E-state index in [-0.39, 0.29) is 17.3 Å². The van der Waals surface area contributed by atoms with E-state index in [0.717, 1.165) is 5.56 Å². The van der Waals surface area contributed by atoms with Gasteiger partial charge in [-0.3, -0.25) is 0 Å². The molecule has 0 aliphatic heterocycles. The number of nitrogen functional groups attached to an aromatic ring is 1. The summed E-state index contributed by atoms with van der Waals surface area (Å²) in [7, 11) is 0. The Morgan fingerprint density at radius 2 is 2.05 bits per heavy atom. The van der Waals surface area contributed by atoms with Gasteiger partial charge in [0, 0.05) is 6.54 Å². The SMILES string of the molecule is N#Cc1c(NCc2ccc(F)cc2)nn2c(N)ncnc12. The van der Waals surface area contributed by atoms with Crippen molar-refractivity contribution in [1.82, 2.24) is 19.6 Å². The molecule has 0 spiro atoms. The normalized spacial score (nSPS) is 10.5. The van der Waals surface area contributed by atoms with Crippen LogP contribution < -0.4 is 11.1 Å². The number of benzene rings is 1. The van der Waals surface area contributed by atoms with Gasteiger partial charge < -0.3 is 11.1 Å². The number of nitrogens with one attached hydrogen (secondary N) is 1. The van der Waals surface area contributed by atoms with E-state index in [1.165, 1.54) is 23.0 Å². The zero-order valence-corrected chi connectivity index (χ0v) is 10.8. The predicted octanol–water partition coefficient (Wildman–Crippen LogP) is 1.33. The van der Waals surface area contributed by atoms with Crippen LogP contribution in [0, 0.1) is 17.1 Å². The van der Waals surface area contributed by atoms with E-state index in [1.54, 1.807) is 12.1 Å². The van der Waals surface area contributed by atoms with Crippen LogP contribution in [0.4, 0.5) is 16.2 Å². The molecule has 8 heteroatoms. The molecule has 0 aliphatic rings. The van der Waals surface area contributed by atoms with Crippen molar-refractivity contribution in [2.45, 2.75) is 6.54 Å². The van der Waals surface area contributed by atoms with Gasteiger partial charge in [0.25, 0.3) is 0 Å². The molecule has 3 aromatic rings. The molecular weight excluding hydrogens is 273 g/mol. The predicted molar refractivity (Wildman–Crippen MR) is 73.6 cm³/mol. The summed E-state index contributed by atoms with van der Waals surface area (Å²) < 4.78 is 14.1. The summed E-state index contributed by atoms with van der Waals surface area (Å²) in [4.78, 5) is 7.81. The van der Waals surface area contributed by atoms with Gasteiger partial charge >= 0.3 is 0 Å². The van der Waals surface area contributed by atoms with E-state index in [2.05, 4.69) is 20.4 Å². The van der Waals surface area contributed by atoms with Crippen molar-refractivity contribution in [3.05, 3.63) is 47.5 Å². The van der Waals surface area contributed by atoms with E-state index in [1.807, 2.05) is 6.07 Å². The summed E-state index contributed by atoms with van der Waals surface area (Å²) >= 11 is 0. The van der Waals surface area contributed by atoms with Crippen molar-refractivity contribution < 1.29 is 4.39 Å². The van der Waals surface area contributed by atoms with Crippen molar-refractivity contribution in [1.29, 1.82) is 5.26 Å². The highest BCUT2D eigenvalue weighted by atomic mass is 19.1. The van der Waals surface area contributed by atoms with Gasteiger partial charge in [0.05, 0.1) is 0 Å². The topological polar surface area (TPSA) is 105 Å². The molecule has 7 nitrogen and oxygen atoms in total. The number of halogens is 1. The second kappa shape index (κ2) is 5.05. The minimum absolute atomic E-state index is 0.145. The van der Waals surface area contributed by atoms with Crippen molar-refractivity contribution in [2.75, 3.05) is 11.1 Å². The van der Waals surface area contributed by atoms with Gasteiger partial charge in [-0.15, -0.1) is 5.10 Å². The van der Waals surface area contributed by atoms with E-state index in [0.29, 0.717) is 18.0 Å². The van der Waals surface area contributed by atoms with Crippen LogP contribution in [0.1, 0.15) is 11.1 Å². The quantitative estimate of drug-likeness (QED) is 0.751. The lowest BCUT2D eigenvalue weighted by molar-refractivity contribution is 0.627. The highest BCUT2D eigenvalue weighted by Crippen LogP contribution is 2.19. The molecule has 0 fully saturated rings. The van der Waals surface area contributed by atoms with Crippen LogP contribution in [0.3, 0.4) is 0 Å². The minimum Gasteiger partial charge on any atom is -0.368 e. The van der Waals surface area contributed by atoms with Crippen molar-refractivity contribution in [3.8, 4) is 6.07 Å². The number of anilines is 2. The van der Waals surface area contributed by atoms with Crippen LogP contribution in [-0.2, 0) is 6.54 Å². The highest BCUT2D eigenvalue weighted by molar-refractivity contribution is 5.68. The lowest BCUT2D eigenvalue weighted by Crippen LogP contribution is -2.03. The monoisotopic (exact) mass is 283 g/mol. The second-order valence-electron chi connectivity index (χ2n) is 4.28. The summed E-state index contributed by atoms with van der Waals surface area (Å²) in [6.45, 7) is 0.395. The molecule has 0 bridgehead atoms. The van der Waals surface area contributed by atoms with E-state index < -0.39 is 0 Å². The first-order chi connectivity index (χ1) is 10.2. The van der Waals surface area contributed by atoms with Crippen molar-refractivity contribution in [3.63, 3.8) is 0 Å². The zero-order valence-electron chi connectivity index (χ0n) is 10.8. The smallest absolute Gasteiger partial charge is 0.224 e. The van der Waals surface area contributed by atoms with Crippen LogP contribution in [0.15, 0.2) is 30.6 Å². The summed E-state index contributed by atoms with van der Waals surface area (Å²) in [5.41, 5.74) is 7.17. The Hall–Kier alpha value is -3.21. The largest absolute Gasteiger partial charge is 0.368 e. The lowest BCUT2D eigenvalue weighted by Gasteiger charge is -2.03. The van der Waals surface area contributed by atoms with Crippen LogP contribution in [-0.4, -0.2) is 19.6 Å². The van der Waals surface area contributed by atoms with Gasteiger partial charge in [-0.25, -0.2) is 14.4 Å². The first-order valence-electron chi connectivity index (χ1n) is 6.06. The van der Waals surface area contributed by atoms with Gasteiger partial charge in [-0.05, 0) is 17.7 Å². The Morgan fingerprint density at radius 3 is 2.76 bits per heavy atom. The van der Waals surface area contributed by atoms with Gasteiger partial charge in [0.1, 0.15) is 23.8 Å². The molecular formula is C13H10FN7. The van der Waals surface area contributed by atoms with Crippen LogP contribution >= 0.6 is 0 Å². The highest BCUT2D eigenvalue weighted by Gasteiger charge is 2.15. The lowest BCUT2D eigenvalue weighted by atomic mass is 10.2. The maximum atomic E-state index is 12.8. The third-order valence-electron chi connectivity index (χ3n) is 2.93. The van der Waals surface area contributed by atoms with Crippen LogP contribution in [0.25, 0.3) is 5.65 Å². The van der Waals surface area contributed by atoms with E-state index in [9.17, 15) is 9.65 Å². The average molecular weight is 283 g/mol. The number of nitrogens with two attached hydrogens (primary N) is 1. The molecule has 1 aromatic carbocycles. The number of nitrogens with zero attached hydrogens (tertiary/aromatic N) is 5. The Labute approximate surface area is 118 Å². The average Bonchev–Trinajstić information content (AvgIpc) is 2.86. The van der Waals surface area contributed by atoms with Crippen LogP contribution in [0.5, 0.6) is 0 Å². The molecule has 0 saturated heterocycles. The molecule has 0 saturated carbocycles. The molecule has 104 valence electrons. The third-order valence-corrected chi connectivity index (χ3v) is 2.93. The first kappa shape index (κ1) is 12.8. The van der Waals surface area contributed by atoms with E-state index >= 15 is 0 Å². The number of fused-ring (bicyclic) bond motifs is 1. The molecule has 0 radical (unpaired) electrons. The first-order valence-corrected chi connectivity index (χ1v) is 6.06. The Bertz CT molecular complexity index is 832. The summed E-state index contributed by atoms with van der Waals surface area (Å²) in [6.07, 6.45) is 1.27. The Morgan fingerprint density at radius 1 is 1.29 bits per heavy atom. The van der Waals surface area contributed by atoms with Gasteiger partial charge in [0.15, 0.2) is 11.5 Å². The molecule has 2 aromatic heterocycles. The number of hydrogen-bond donors (Lipinski definition) is 2. The Kier molecular flexibility index (Phi) is 3.08. The molecule has 3 N–H and O–H groups in total. The van der Waals surface area contributed by atoms with Gasteiger partial charge in [-0.1, -0.05) is 12.1 Å². The molecule has 2 heterocycles. The standard InChI is InChI=1S/C13H10FN7/c14-9-3-1-8(2-4-9)6-17-11-10(5-15)12-18-7-19-13(16)21(12)20-11/h1-4,7H,6H2,(H,17,20)(H2,16,18,19). The molecule has 21 heavy (non-hydrogen) atoms. The Balaban J connectivity index is 1.92. The molecule has 3 rings (SSSR count). The fourth-order valence-electron chi connectivity index (χ4n) is 1.90. The fraction of sp³-hybridized carbons (Fsp3) is 0.0769. The summed E-state index contributed by atoms with van der Waals surface area (Å²) in [5, 5.41) is 16.4. The van der Waals surface area contributed by atoms with Crippen molar-refractivity contribution in [2.24, 2.45) is 0 Å². The third kappa shape index (κ3) is 2.32. The minimum atomic E-state index is -0.299. The van der Waals surface area contributed by atoms with Gasteiger partial charge in [0.2, 0.25) is 5.95 Å². The molecule has 0 aliphatic carbocycles. The molecule has 0 atom stereocenters. The molecule has 0 amide bonds. The van der Waals surface area contributed by atoms with Crippen molar-refractivity contribution >= 4 is 17.4 Å². The molecule has 0 unspecified atom stereocenters. The number of aromatic nitrogens is 4. The van der Waals surface area contributed by atoms with Crippen LogP contribution in [0.2, 0.25) is 0 Å². The zero-order chi connectivity index (χ0) is 14.8. The van der Waals surface area contributed by atoms with E-state index in [4.69, 9.17) is 5.73 Å². The summed E-state index contributed by atoms with van der Waals surface area (Å²) in [5.74, 6) is 0.201. The fourth-order valence-corrected chi connectivity index (χ4v) is 1.90. The maximum absolute atomic E-state index is 12.8. The second-order valence-corrected chi connectivity index (χ2v) is 4.28. The maximum Gasteiger partial charge on any atom is 0.224 e. The van der Waals surface area contributed by atoms with Gasteiger partial charge in [-0.2, -0.15) is 9.78 Å². The number of rotatable bonds is 3. The number of nitriles is 1.